The third kappa shape index (κ3) is 5.22. The van der Waals surface area contributed by atoms with Crippen LogP contribution in [0.4, 0.5) is 0 Å². The molecule has 0 saturated carbocycles. The van der Waals surface area contributed by atoms with Gasteiger partial charge in [-0.25, -0.2) is 0 Å². The Hall–Kier alpha value is -1.04. The average molecular weight is 347 g/mol. The molecule has 2 rings (SSSR count). The van der Waals surface area contributed by atoms with E-state index in [1.165, 1.54) is 0 Å². The Kier molecular flexibility index (Phi) is 6.58. The number of hydrogen-bond donors (Lipinski definition) is 0. The summed E-state index contributed by atoms with van der Waals surface area (Å²) in [5.74, 6) is 1.54. The molecular formula is C20H34BNO3. The number of ether oxygens (including phenoxy) is 1. The molecule has 1 aromatic rings. The molecule has 0 spiro atoms. The molecule has 1 fully saturated rings. The lowest BCUT2D eigenvalue weighted by Gasteiger charge is -2.32. The molecule has 0 bridgehead atoms. The fraction of sp³-hybridized carbons (Fsp3) is 0.700. The van der Waals surface area contributed by atoms with E-state index in [2.05, 4.69) is 53.4 Å². The highest BCUT2D eigenvalue weighted by Crippen LogP contribution is 2.36. The second kappa shape index (κ2) is 8.11. The topological polar surface area (TPSA) is 30.9 Å². The summed E-state index contributed by atoms with van der Waals surface area (Å²) < 4.78 is 18.2. The van der Waals surface area contributed by atoms with Gasteiger partial charge < -0.3 is 14.0 Å². The zero-order valence-corrected chi connectivity index (χ0v) is 17.0. The standard InChI is InChI=1S/C20H34BNO3/c1-8-22(15-16(2)3)12-13-23-18-11-9-10-17(14-18)21-24-19(4,5)20(6,7)25-21/h9-11,14,16H,8,12-13,15H2,1-7H3. The van der Waals surface area contributed by atoms with Crippen molar-refractivity contribution in [2.75, 3.05) is 26.2 Å². The molecule has 1 heterocycles. The van der Waals surface area contributed by atoms with E-state index < -0.39 is 0 Å². The van der Waals surface area contributed by atoms with Crippen molar-refractivity contribution in [1.29, 1.82) is 0 Å². The molecule has 0 atom stereocenters. The van der Waals surface area contributed by atoms with Crippen LogP contribution in [0.15, 0.2) is 24.3 Å². The lowest BCUT2D eigenvalue weighted by atomic mass is 9.79. The number of benzene rings is 1. The Morgan fingerprint density at radius 1 is 1.12 bits per heavy atom. The van der Waals surface area contributed by atoms with E-state index in [9.17, 15) is 0 Å². The van der Waals surface area contributed by atoms with Gasteiger partial charge in [0, 0.05) is 13.1 Å². The number of hydrogen-bond acceptors (Lipinski definition) is 4. The van der Waals surface area contributed by atoms with Gasteiger partial charge in [0.05, 0.1) is 11.2 Å². The van der Waals surface area contributed by atoms with Crippen LogP contribution in [0, 0.1) is 5.92 Å². The largest absolute Gasteiger partial charge is 0.494 e. The molecule has 1 saturated heterocycles. The predicted octanol–water partition coefficient (Wildman–Crippen LogP) is 3.34. The molecule has 0 aromatic heterocycles. The minimum Gasteiger partial charge on any atom is -0.492 e. The smallest absolute Gasteiger partial charge is 0.492 e. The van der Waals surface area contributed by atoms with Crippen LogP contribution in [-0.4, -0.2) is 49.5 Å². The summed E-state index contributed by atoms with van der Waals surface area (Å²) in [6.07, 6.45) is 0. The van der Waals surface area contributed by atoms with Crippen LogP contribution in [0.25, 0.3) is 0 Å². The molecule has 4 nitrogen and oxygen atoms in total. The van der Waals surface area contributed by atoms with Gasteiger partial charge in [0.25, 0.3) is 0 Å². The monoisotopic (exact) mass is 347 g/mol. The van der Waals surface area contributed by atoms with E-state index in [0.717, 1.165) is 30.8 Å². The number of rotatable bonds is 8. The van der Waals surface area contributed by atoms with E-state index in [4.69, 9.17) is 14.0 Å². The molecule has 140 valence electrons. The van der Waals surface area contributed by atoms with E-state index in [0.29, 0.717) is 12.5 Å². The van der Waals surface area contributed by atoms with Crippen LogP contribution in [-0.2, 0) is 9.31 Å². The Balaban J connectivity index is 1.94. The van der Waals surface area contributed by atoms with Gasteiger partial charge in [-0.05, 0) is 57.8 Å². The quantitative estimate of drug-likeness (QED) is 0.675. The van der Waals surface area contributed by atoms with Crippen LogP contribution in [0.3, 0.4) is 0 Å². The first-order valence-corrected chi connectivity index (χ1v) is 9.45. The molecule has 0 amide bonds. The summed E-state index contributed by atoms with van der Waals surface area (Å²) in [5.41, 5.74) is 0.352. The zero-order chi connectivity index (χ0) is 18.7. The van der Waals surface area contributed by atoms with Crippen molar-refractivity contribution in [3.05, 3.63) is 24.3 Å². The van der Waals surface area contributed by atoms with Gasteiger partial charge in [-0.1, -0.05) is 32.9 Å². The third-order valence-electron chi connectivity index (χ3n) is 5.13. The van der Waals surface area contributed by atoms with Crippen LogP contribution >= 0.6 is 0 Å². The van der Waals surface area contributed by atoms with Gasteiger partial charge in [0.1, 0.15) is 12.4 Å². The molecule has 1 aliphatic rings. The number of nitrogens with zero attached hydrogens (tertiary/aromatic N) is 1. The lowest BCUT2D eigenvalue weighted by molar-refractivity contribution is 0.00578. The molecule has 0 unspecified atom stereocenters. The van der Waals surface area contributed by atoms with E-state index in [-0.39, 0.29) is 18.3 Å². The molecule has 0 N–H and O–H groups in total. The van der Waals surface area contributed by atoms with Crippen LogP contribution < -0.4 is 10.2 Å². The van der Waals surface area contributed by atoms with Crippen LogP contribution in [0.5, 0.6) is 5.75 Å². The highest BCUT2D eigenvalue weighted by Gasteiger charge is 2.51. The summed E-state index contributed by atoms with van der Waals surface area (Å²) in [4.78, 5) is 2.42. The van der Waals surface area contributed by atoms with Gasteiger partial charge >= 0.3 is 7.12 Å². The summed E-state index contributed by atoms with van der Waals surface area (Å²) in [6.45, 7) is 18.8. The molecule has 0 radical (unpaired) electrons. The van der Waals surface area contributed by atoms with E-state index >= 15 is 0 Å². The minimum absolute atomic E-state index is 0.326. The van der Waals surface area contributed by atoms with Gasteiger partial charge in [-0.15, -0.1) is 0 Å². The first-order chi connectivity index (χ1) is 11.6. The average Bonchev–Trinajstić information content (AvgIpc) is 2.74. The Morgan fingerprint density at radius 3 is 2.32 bits per heavy atom. The first-order valence-electron chi connectivity index (χ1n) is 9.45. The Bertz CT molecular complexity index is 544. The molecule has 1 aliphatic heterocycles. The second-order valence-corrected chi connectivity index (χ2v) is 8.30. The van der Waals surface area contributed by atoms with Crippen molar-refractivity contribution in [2.24, 2.45) is 5.92 Å². The van der Waals surface area contributed by atoms with Crippen molar-refractivity contribution in [1.82, 2.24) is 4.90 Å². The fourth-order valence-corrected chi connectivity index (χ4v) is 2.92. The Labute approximate surface area is 154 Å². The molecule has 0 aliphatic carbocycles. The van der Waals surface area contributed by atoms with E-state index in [1.807, 2.05) is 24.3 Å². The van der Waals surface area contributed by atoms with Crippen molar-refractivity contribution in [2.45, 2.75) is 59.7 Å². The highest BCUT2D eigenvalue weighted by atomic mass is 16.7. The zero-order valence-electron chi connectivity index (χ0n) is 17.0. The van der Waals surface area contributed by atoms with Gasteiger partial charge in [0.15, 0.2) is 0 Å². The maximum absolute atomic E-state index is 6.12. The van der Waals surface area contributed by atoms with E-state index in [1.54, 1.807) is 0 Å². The summed E-state index contributed by atoms with van der Waals surface area (Å²) >= 11 is 0. The van der Waals surface area contributed by atoms with Gasteiger partial charge in [0.2, 0.25) is 0 Å². The van der Waals surface area contributed by atoms with Crippen LogP contribution in [0.1, 0.15) is 48.5 Å². The maximum Gasteiger partial charge on any atom is 0.494 e. The molecular weight excluding hydrogens is 313 g/mol. The van der Waals surface area contributed by atoms with Crippen molar-refractivity contribution < 1.29 is 14.0 Å². The second-order valence-electron chi connectivity index (χ2n) is 8.30. The fourth-order valence-electron chi connectivity index (χ4n) is 2.92. The lowest BCUT2D eigenvalue weighted by Crippen LogP contribution is -2.41. The molecule has 25 heavy (non-hydrogen) atoms. The van der Waals surface area contributed by atoms with Gasteiger partial charge in [-0.2, -0.15) is 0 Å². The normalized spacial score (nSPS) is 19.0. The van der Waals surface area contributed by atoms with Crippen molar-refractivity contribution >= 4 is 12.6 Å². The SMILES string of the molecule is CCN(CCOc1cccc(B2OC(C)(C)C(C)(C)O2)c1)CC(C)C. The number of likely N-dealkylation sites (N-methyl/N-ethyl adjacent to an activating group) is 1. The summed E-state index contributed by atoms with van der Waals surface area (Å²) in [6, 6.07) is 8.06. The molecule has 1 aromatic carbocycles. The van der Waals surface area contributed by atoms with Crippen molar-refractivity contribution in [3.63, 3.8) is 0 Å². The predicted molar refractivity (Wildman–Crippen MR) is 105 cm³/mol. The highest BCUT2D eigenvalue weighted by molar-refractivity contribution is 6.62. The third-order valence-corrected chi connectivity index (χ3v) is 5.13. The summed E-state index contributed by atoms with van der Waals surface area (Å²) in [5, 5.41) is 0. The summed E-state index contributed by atoms with van der Waals surface area (Å²) in [7, 11) is -0.346. The maximum atomic E-state index is 6.12. The van der Waals surface area contributed by atoms with Gasteiger partial charge in [-0.3, -0.25) is 4.90 Å². The minimum atomic E-state index is -0.346. The first kappa shape index (κ1) is 20.3. The Morgan fingerprint density at radius 2 is 1.76 bits per heavy atom. The van der Waals surface area contributed by atoms with Crippen molar-refractivity contribution in [3.8, 4) is 5.75 Å². The molecule has 5 heteroatoms. The van der Waals surface area contributed by atoms with Crippen LogP contribution in [0.2, 0.25) is 0 Å².